The molecule has 4 nitrogen and oxygen atoms in total. The molecule has 0 bridgehead atoms. The molecule has 1 atom stereocenters. The summed E-state index contributed by atoms with van der Waals surface area (Å²) in [7, 11) is -1.20. The Balaban J connectivity index is 2.24. The van der Waals surface area contributed by atoms with Gasteiger partial charge in [-0.1, -0.05) is 0 Å². The van der Waals surface area contributed by atoms with Crippen LogP contribution in [-0.4, -0.2) is 44.8 Å². The van der Waals surface area contributed by atoms with Crippen molar-refractivity contribution in [1.29, 1.82) is 0 Å². The van der Waals surface area contributed by atoms with Crippen LogP contribution < -0.4 is 10.0 Å². The summed E-state index contributed by atoms with van der Waals surface area (Å²) in [5.41, 5.74) is 0. The third-order valence-electron chi connectivity index (χ3n) is 3.06. The maximum atomic E-state index is 11.8. The second-order valence-corrected chi connectivity index (χ2v) is 8.46. The molecule has 0 aliphatic carbocycles. The number of unbranched alkanes of at least 4 members (excludes halogenated alkanes) is 1. The smallest absolute Gasteiger partial charge is 0.211 e. The molecule has 0 aromatic carbocycles. The van der Waals surface area contributed by atoms with Crippen LogP contribution in [0.3, 0.4) is 0 Å². The highest BCUT2D eigenvalue weighted by atomic mass is 32.2. The van der Waals surface area contributed by atoms with E-state index < -0.39 is 10.0 Å². The number of rotatable bonds is 8. The van der Waals surface area contributed by atoms with E-state index in [1.54, 1.807) is 0 Å². The van der Waals surface area contributed by atoms with Crippen molar-refractivity contribution in [3.8, 4) is 0 Å². The van der Waals surface area contributed by atoms with Crippen molar-refractivity contribution in [2.75, 3.05) is 31.6 Å². The average Bonchev–Trinajstić information content (AvgIpc) is 2.70. The van der Waals surface area contributed by atoms with Crippen LogP contribution >= 0.6 is 11.8 Å². The Bertz CT molecular complexity index is 311. The third kappa shape index (κ3) is 6.08. The first-order valence-corrected chi connectivity index (χ1v) is 8.87. The largest absolute Gasteiger partial charge is 0.320 e. The van der Waals surface area contributed by atoms with Gasteiger partial charge in [0, 0.05) is 11.3 Å². The fraction of sp³-hybridized carbons (Fsp3) is 1.00. The van der Waals surface area contributed by atoms with Crippen molar-refractivity contribution in [2.24, 2.45) is 0 Å². The van der Waals surface area contributed by atoms with Gasteiger partial charge in [-0.2, -0.15) is 11.8 Å². The van der Waals surface area contributed by atoms with Gasteiger partial charge in [0.1, 0.15) is 0 Å². The summed E-state index contributed by atoms with van der Waals surface area (Å²) in [5, 5.41) is 3.02. The summed E-state index contributed by atoms with van der Waals surface area (Å²) in [4.78, 5) is 0. The summed E-state index contributed by atoms with van der Waals surface area (Å²) in [6.45, 7) is 3.60. The molecule has 1 heterocycles. The van der Waals surface area contributed by atoms with E-state index in [2.05, 4.69) is 17.0 Å². The number of sulfonamides is 1. The number of nitrogens with one attached hydrogen (secondary N) is 2. The monoisotopic (exact) mass is 280 g/mol. The van der Waals surface area contributed by atoms with Crippen LogP contribution in [0.2, 0.25) is 0 Å². The maximum absolute atomic E-state index is 11.8. The van der Waals surface area contributed by atoms with E-state index in [4.69, 9.17) is 0 Å². The molecule has 1 unspecified atom stereocenters. The van der Waals surface area contributed by atoms with Crippen molar-refractivity contribution in [3.63, 3.8) is 0 Å². The standard InChI is InChI=1S/C11H24N2O2S2/c1-11(6-5-8-16-11)10-13-17(14,15)9-4-3-7-12-2/h12-13H,3-10H2,1-2H3. The summed E-state index contributed by atoms with van der Waals surface area (Å²) < 4.78 is 26.4. The van der Waals surface area contributed by atoms with Gasteiger partial charge < -0.3 is 5.32 Å². The molecule has 2 N–H and O–H groups in total. The Morgan fingerprint density at radius 1 is 1.35 bits per heavy atom. The average molecular weight is 280 g/mol. The molecule has 0 radical (unpaired) electrons. The van der Waals surface area contributed by atoms with Crippen molar-refractivity contribution >= 4 is 21.8 Å². The van der Waals surface area contributed by atoms with Crippen molar-refractivity contribution in [3.05, 3.63) is 0 Å². The highest BCUT2D eigenvalue weighted by Crippen LogP contribution is 2.37. The van der Waals surface area contributed by atoms with E-state index in [1.165, 1.54) is 6.42 Å². The summed E-state index contributed by atoms with van der Waals surface area (Å²) >= 11 is 1.88. The van der Waals surface area contributed by atoms with Gasteiger partial charge in [0.15, 0.2) is 0 Å². The van der Waals surface area contributed by atoms with Gasteiger partial charge in [0.25, 0.3) is 0 Å². The lowest BCUT2D eigenvalue weighted by atomic mass is 10.1. The normalized spacial score (nSPS) is 25.3. The molecule has 0 amide bonds. The Hall–Kier alpha value is 0.220. The van der Waals surface area contributed by atoms with Crippen LogP contribution in [0.25, 0.3) is 0 Å². The molecule has 0 aromatic heterocycles. The molecule has 1 rings (SSSR count). The van der Waals surface area contributed by atoms with E-state index in [-0.39, 0.29) is 10.5 Å². The Morgan fingerprint density at radius 2 is 2.12 bits per heavy atom. The molecule has 1 aliphatic heterocycles. The van der Waals surface area contributed by atoms with Gasteiger partial charge in [0.2, 0.25) is 10.0 Å². The highest BCUT2D eigenvalue weighted by Gasteiger charge is 2.30. The lowest BCUT2D eigenvalue weighted by molar-refractivity contribution is 0.549. The Morgan fingerprint density at radius 3 is 2.71 bits per heavy atom. The Labute approximate surface area is 109 Å². The van der Waals surface area contributed by atoms with Crippen LogP contribution in [0, 0.1) is 0 Å². The lowest BCUT2D eigenvalue weighted by Gasteiger charge is -2.22. The molecule has 6 heteroatoms. The predicted octanol–water partition coefficient (Wildman–Crippen LogP) is 1.19. The minimum Gasteiger partial charge on any atom is -0.320 e. The van der Waals surface area contributed by atoms with Gasteiger partial charge in [-0.15, -0.1) is 0 Å². The predicted molar refractivity (Wildman–Crippen MR) is 75.0 cm³/mol. The van der Waals surface area contributed by atoms with Crippen LogP contribution in [0.1, 0.15) is 32.6 Å². The lowest BCUT2D eigenvalue weighted by Crippen LogP contribution is -2.37. The second kappa shape index (κ2) is 6.97. The fourth-order valence-corrected chi connectivity index (χ4v) is 4.51. The van der Waals surface area contributed by atoms with E-state index in [0.29, 0.717) is 6.54 Å². The summed E-state index contributed by atoms with van der Waals surface area (Å²) in [5.74, 6) is 1.40. The molecular weight excluding hydrogens is 256 g/mol. The first-order chi connectivity index (χ1) is 7.97. The summed E-state index contributed by atoms with van der Waals surface area (Å²) in [6, 6.07) is 0. The van der Waals surface area contributed by atoms with Gasteiger partial charge >= 0.3 is 0 Å². The van der Waals surface area contributed by atoms with E-state index in [1.807, 2.05) is 18.8 Å². The molecule has 1 fully saturated rings. The van der Waals surface area contributed by atoms with E-state index in [9.17, 15) is 8.42 Å². The molecule has 102 valence electrons. The third-order valence-corrected chi connectivity index (χ3v) is 6.00. The zero-order valence-electron chi connectivity index (χ0n) is 10.8. The molecule has 0 spiro atoms. The first kappa shape index (κ1) is 15.3. The van der Waals surface area contributed by atoms with Gasteiger partial charge in [-0.3, -0.25) is 0 Å². The molecule has 1 aliphatic rings. The minimum absolute atomic E-state index is 0.109. The van der Waals surface area contributed by atoms with Crippen LogP contribution in [0.5, 0.6) is 0 Å². The summed E-state index contributed by atoms with van der Waals surface area (Å²) in [6.07, 6.45) is 3.94. The van der Waals surface area contributed by atoms with Crippen molar-refractivity contribution in [1.82, 2.24) is 10.0 Å². The van der Waals surface area contributed by atoms with E-state index in [0.717, 1.165) is 31.6 Å². The number of thioether (sulfide) groups is 1. The van der Waals surface area contributed by atoms with E-state index >= 15 is 0 Å². The number of hydrogen-bond acceptors (Lipinski definition) is 4. The number of hydrogen-bond donors (Lipinski definition) is 2. The van der Waals surface area contributed by atoms with Crippen molar-refractivity contribution in [2.45, 2.75) is 37.4 Å². The fourth-order valence-electron chi connectivity index (χ4n) is 1.90. The van der Waals surface area contributed by atoms with Gasteiger partial charge in [-0.05, 0) is 52.0 Å². The molecule has 17 heavy (non-hydrogen) atoms. The highest BCUT2D eigenvalue weighted by molar-refractivity contribution is 8.01. The van der Waals surface area contributed by atoms with Crippen LogP contribution in [0.15, 0.2) is 0 Å². The SMILES string of the molecule is CNCCCCS(=O)(=O)NCC1(C)CCCS1. The van der Waals surface area contributed by atoms with Crippen LogP contribution in [-0.2, 0) is 10.0 Å². The Kier molecular flexibility index (Phi) is 6.26. The minimum atomic E-state index is -3.08. The van der Waals surface area contributed by atoms with Crippen LogP contribution in [0.4, 0.5) is 0 Å². The van der Waals surface area contributed by atoms with Crippen molar-refractivity contribution < 1.29 is 8.42 Å². The zero-order chi connectivity index (χ0) is 12.8. The quantitative estimate of drug-likeness (QED) is 0.656. The van der Waals surface area contributed by atoms with Gasteiger partial charge in [0.05, 0.1) is 5.75 Å². The molecule has 0 saturated carbocycles. The topological polar surface area (TPSA) is 58.2 Å². The maximum Gasteiger partial charge on any atom is 0.211 e. The second-order valence-electron chi connectivity index (χ2n) is 4.85. The molecular formula is C11H24N2O2S2. The van der Waals surface area contributed by atoms with Gasteiger partial charge in [-0.25, -0.2) is 13.1 Å². The first-order valence-electron chi connectivity index (χ1n) is 6.23. The molecule has 0 aromatic rings. The zero-order valence-corrected chi connectivity index (χ0v) is 12.4. The molecule has 1 saturated heterocycles.